The maximum atomic E-state index is 11.9. The van der Waals surface area contributed by atoms with Crippen molar-refractivity contribution < 1.29 is 19.1 Å². The third-order valence-electron chi connectivity index (χ3n) is 2.74. The standard InChI is InChI=1S/C15H20O4S/c1-4-18-14(16)13(15(17)19-5-2)10-11-6-8-12(20-3)9-7-11/h6-9,13H,4-5,10H2,1-3H3. The minimum absolute atomic E-state index is 0.250. The highest BCUT2D eigenvalue weighted by molar-refractivity contribution is 7.98. The first-order valence-electron chi connectivity index (χ1n) is 6.58. The largest absolute Gasteiger partial charge is 0.465 e. The topological polar surface area (TPSA) is 52.6 Å². The highest BCUT2D eigenvalue weighted by Gasteiger charge is 2.29. The fourth-order valence-electron chi connectivity index (χ4n) is 1.75. The van der Waals surface area contributed by atoms with Crippen molar-refractivity contribution in [2.45, 2.75) is 25.2 Å². The number of carbonyl (C=O) groups is 2. The molecule has 1 aromatic carbocycles. The zero-order chi connectivity index (χ0) is 15.0. The van der Waals surface area contributed by atoms with Crippen molar-refractivity contribution in [3.63, 3.8) is 0 Å². The first-order valence-corrected chi connectivity index (χ1v) is 7.81. The van der Waals surface area contributed by atoms with Gasteiger partial charge in [0.2, 0.25) is 0 Å². The summed E-state index contributed by atoms with van der Waals surface area (Å²) in [4.78, 5) is 24.9. The van der Waals surface area contributed by atoms with E-state index in [0.717, 1.165) is 10.5 Å². The normalized spacial score (nSPS) is 10.4. The fourth-order valence-corrected chi connectivity index (χ4v) is 2.15. The van der Waals surface area contributed by atoms with Crippen molar-refractivity contribution in [3.05, 3.63) is 29.8 Å². The van der Waals surface area contributed by atoms with Gasteiger partial charge in [-0.15, -0.1) is 11.8 Å². The Balaban J connectivity index is 2.81. The van der Waals surface area contributed by atoms with Crippen molar-refractivity contribution in [2.75, 3.05) is 19.5 Å². The van der Waals surface area contributed by atoms with Crippen LogP contribution in [0.5, 0.6) is 0 Å². The summed E-state index contributed by atoms with van der Waals surface area (Å²) in [6, 6.07) is 7.76. The SMILES string of the molecule is CCOC(=O)C(Cc1ccc(SC)cc1)C(=O)OCC. The van der Waals surface area contributed by atoms with E-state index >= 15 is 0 Å². The quantitative estimate of drug-likeness (QED) is 0.440. The third-order valence-corrected chi connectivity index (χ3v) is 3.48. The van der Waals surface area contributed by atoms with E-state index in [1.165, 1.54) is 0 Å². The van der Waals surface area contributed by atoms with Gasteiger partial charge >= 0.3 is 11.9 Å². The Morgan fingerprint density at radius 2 is 1.55 bits per heavy atom. The molecule has 0 aliphatic heterocycles. The summed E-state index contributed by atoms with van der Waals surface area (Å²) >= 11 is 1.64. The van der Waals surface area contributed by atoms with E-state index < -0.39 is 17.9 Å². The molecule has 0 aromatic heterocycles. The van der Waals surface area contributed by atoms with Crippen LogP contribution in [-0.4, -0.2) is 31.4 Å². The number of carbonyl (C=O) groups excluding carboxylic acids is 2. The molecule has 4 nitrogen and oxygen atoms in total. The second-order valence-corrected chi connectivity index (χ2v) is 4.99. The highest BCUT2D eigenvalue weighted by Crippen LogP contribution is 2.18. The fraction of sp³-hybridized carbons (Fsp3) is 0.467. The zero-order valence-corrected chi connectivity index (χ0v) is 12.9. The van der Waals surface area contributed by atoms with E-state index in [2.05, 4.69) is 0 Å². The van der Waals surface area contributed by atoms with Gasteiger partial charge in [0.05, 0.1) is 13.2 Å². The van der Waals surface area contributed by atoms with Crippen LogP contribution in [0.15, 0.2) is 29.2 Å². The van der Waals surface area contributed by atoms with Crippen LogP contribution in [0.4, 0.5) is 0 Å². The van der Waals surface area contributed by atoms with E-state index in [9.17, 15) is 9.59 Å². The average molecular weight is 296 g/mol. The number of esters is 2. The molecule has 1 rings (SSSR count). The van der Waals surface area contributed by atoms with Crippen LogP contribution >= 0.6 is 11.8 Å². The minimum atomic E-state index is -0.893. The van der Waals surface area contributed by atoms with Crippen LogP contribution < -0.4 is 0 Å². The van der Waals surface area contributed by atoms with E-state index in [4.69, 9.17) is 9.47 Å². The summed E-state index contributed by atoms with van der Waals surface area (Å²) < 4.78 is 9.89. The number of hydrogen-bond donors (Lipinski definition) is 0. The van der Waals surface area contributed by atoms with Crippen molar-refractivity contribution >= 4 is 23.7 Å². The molecule has 0 aliphatic carbocycles. The molecule has 0 unspecified atom stereocenters. The Morgan fingerprint density at radius 3 is 1.95 bits per heavy atom. The molecule has 0 atom stereocenters. The van der Waals surface area contributed by atoms with Crippen LogP contribution in [0.1, 0.15) is 19.4 Å². The average Bonchev–Trinajstić information content (AvgIpc) is 2.45. The summed E-state index contributed by atoms with van der Waals surface area (Å²) in [6.45, 7) is 3.93. The van der Waals surface area contributed by atoms with Crippen LogP contribution in [0, 0.1) is 5.92 Å². The molecule has 0 saturated heterocycles. The predicted octanol–water partition coefficient (Wildman–Crippen LogP) is 2.69. The summed E-state index contributed by atoms with van der Waals surface area (Å²) in [7, 11) is 0. The smallest absolute Gasteiger partial charge is 0.320 e. The molecule has 0 heterocycles. The van der Waals surface area contributed by atoms with Gasteiger partial charge in [0.15, 0.2) is 5.92 Å². The monoisotopic (exact) mass is 296 g/mol. The molecule has 0 bridgehead atoms. The second-order valence-electron chi connectivity index (χ2n) is 4.11. The van der Waals surface area contributed by atoms with Gasteiger partial charge in [-0.2, -0.15) is 0 Å². The van der Waals surface area contributed by atoms with Crippen LogP contribution in [-0.2, 0) is 25.5 Å². The highest BCUT2D eigenvalue weighted by atomic mass is 32.2. The molecule has 0 saturated carbocycles. The molecule has 0 fully saturated rings. The van der Waals surface area contributed by atoms with Crippen molar-refractivity contribution in [1.29, 1.82) is 0 Å². The number of ether oxygens (including phenoxy) is 2. The Labute approximate surface area is 123 Å². The number of benzene rings is 1. The summed E-state index contributed by atoms with van der Waals surface area (Å²) in [6.07, 6.45) is 2.29. The Bertz CT molecular complexity index is 424. The molecule has 20 heavy (non-hydrogen) atoms. The first-order chi connectivity index (χ1) is 9.62. The lowest BCUT2D eigenvalue weighted by Crippen LogP contribution is -2.30. The molecule has 0 aliphatic rings. The first kappa shape index (κ1) is 16.6. The Kier molecular flexibility index (Phi) is 7.15. The third kappa shape index (κ3) is 4.89. The molecule has 0 spiro atoms. The van der Waals surface area contributed by atoms with E-state index in [0.29, 0.717) is 6.42 Å². The summed E-state index contributed by atoms with van der Waals surface area (Å²) in [5.74, 6) is -1.95. The lowest BCUT2D eigenvalue weighted by molar-refractivity contribution is -0.161. The molecular formula is C15H20O4S. The predicted molar refractivity (Wildman–Crippen MR) is 78.7 cm³/mol. The van der Waals surface area contributed by atoms with Crippen molar-refractivity contribution in [2.24, 2.45) is 5.92 Å². The lowest BCUT2D eigenvalue weighted by Gasteiger charge is -2.14. The van der Waals surface area contributed by atoms with Gasteiger partial charge in [-0.25, -0.2) is 0 Å². The van der Waals surface area contributed by atoms with E-state index in [1.807, 2.05) is 30.5 Å². The molecule has 5 heteroatoms. The maximum absolute atomic E-state index is 11.9. The van der Waals surface area contributed by atoms with Crippen LogP contribution in [0.2, 0.25) is 0 Å². The van der Waals surface area contributed by atoms with Gasteiger partial charge in [-0.3, -0.25) is 9.59 Å². The summed E-state index contributed by atoms with van der Waals surface area (Å²) in [5, 5.41) is 0. The summed E-state index contributed by atoms with van der Waals surface area (Å²) in [5.41, 5.74) is 0.911. The number of thioether (sulfide) groups is 1. The number of hydrogen-bond acceptors (Lipinski definition) is 5. The maximum Gasteiger partial charge on any atom is 0.320 e. The second kappa shape index (κ2) is 8.64. The molecule has 0 N–H and O–H groups in total. The van der Waals surface area contributed by atoms with E-state index in [1.54, 1.807) is 25.6 Å². The van der Waals surface area contributed by atoms with Crippen molar-refractivity contribution in [3.8, 4) is 0 Å². The molecule has 0 radical (unpaired) electrons. The Morgan fingerprint density at radius 1 is 1.05 bits per heavy atom. The Hall–Kier alpha value is -1.49. The van der Waals surface area contributed by atoms with Crippen LogP contribution in [0.25, 0.3) is 0 Å². The zero-order valence-electron chi connectivity index (χ0n) is 12.0. The van der Waals surface area contributed by atoms with E-state index in [-0.39, 0.29) is 13.2 Å². The molecule has 0 amide bonds. The minimum Gasteiger partial charge on any atom is -0.465 e. The molecule has 110 valence electrons. The van der Waals surface area contributed by atoms with Gasteiger partial charge in [0.1, 0.15) is 0 Å². The number of rotatable bonds is 7. The van der Waals surface area contributed by atoms with Gasteiger partial charge < -0.3 is 9.47 Å². The van der Waals surface area contributed by atoms with Crippen LogP contribution in [0.3, 0.4) is 0 Å². The molecule has 1 aromatic rings. The lowest BCUT2D eigenvalue weighted by atomic mass is 9.99. The van der Waals surface area contributed by atoms with Gasteiger partial charge in [-0.05, 0) is 44.2 Å². The van der Waals surface area contributed by atoms with Gasteiger partial charge in [-0.1, -0.05) is 12.1 Å². The molecular weight excluding hydrogens is 276 g/mol. The van der Waals surface area contributed by atoms with Gasteiger partial charge in [0.25, 0.3) is 0 Å². The van der Waals surface area contributed by atoms with Gasteiger partial charge in [0, 0.05) is 4.90 Å². The van der Waals surface area contributed by atoms with Crippen molar-refractivity contribution in [1.82, 2.24) is 0 Å².